The number of ether oxygens (including phenoxy) is 4. The molecule has 1 saturated heterocycles. The number of cyclic esters (lactones) is 1. The number of hydrogen-bond donors (Lipinski definition) is 2. The summed E-state index contributed by atoms with van der Waals surface area (Å²) >= 11 is 0. The molecule has 1 aromatic carbocycles. The number of carboxylic acid groups (broad SMARTS) is 1. The van der Waals surface area contributed by atoms with Crippen molar-refractivity contribution in [3.63, 3.8) is 0 Å². The summed E-state index contributed by atoms with van der Waals surface area (Å²) in [6.07, 6.45) is 9.15. The minimum Gasteiger partial charge on any atom is -0.497 e. The van der Waals surface area contributed by atoms with E-state index in [9.17, 15) is 29.1 Å². The van der Waals surface area contributed by atoms with E-state index >= 15 is 0 Å². The number of carbonyl (C=O) groups excluding carboxylic acids is 4. The topological polar surface area (TPSA) is 185 Å². The van der Waals surface area contributed by atoms with Gasteiger partial charge in [0.15, 0.2) is 6.61 Å². The predicted octanol–water partition coefficient (Wildman–Crippen LogP) is 3.15. The van der Waals surface area contributed by atoms with Gasteiger partial charge in [-0.05, 0) is 76.3 Å². The first kappa shape index (κ1) is 34.1. The van der Waals surface area contributed by atoms with E-state index in [1.165, 1.54) is 19.9 Å². The van der Waals surface area contributed by atoms with Crippen LogP contribution in [0.5, 0.6) is 5.75 Å². The van der Waals surface area contributed by atoms with Gasteiger partial charge in [0.2, 0.25) is 0 Å². The number of methoxy groups -OCH3 is 1. The summed E-state index contributed by atoms with van der Waals surface area (Å²) in [5.74, 6) is -3.19. The molecule has 2 heterocycles. The van der Waals surface area contributed by atoms with Crippen LogP contribution in [-0.4, -0.2) is 74.8 Å². The Labute approximate surface area is 276 Å². The Bertz CT molecular complexity index is 1710. The smallest absolute Gasteiger partial charge is 0.334 e. The number of nitrogens with zero attached hydrogens (tertiary/aromatic N) is 3. The molecule has 4 unspecified atom stereocenters. The summed E-state index contributed by atoms with van der Waals surface area (Å²) in [6, 6.07) is 7.21. The molecule has 0 radical (unpaired) electrons. The molecule has 14 heteroatoms. The molecule has 2 aromatic rings. The highest BCUT2D eigenvalue weighted by Crippen LogP contribution is 2.65. The second-order valence-corrected chi connectivity index (χ2v) is 12.4. The van der Waals surface area contributed by atoms with Gasteiger partial charge in [0.05, 0.1) is 25.5 Å². The average Bonchev–Trinajstić information content (AvgIpc) is 3.58. The maximum atomic E-state index is 13.7. The number of allylic oxidation sites excluding steroid dienone is 3. The Morgan fingerprint density at radius 3 is 2.60 bits per heavy atom. The third-order valence-electron chi connectivity index (χ3n) is 9.47. The van der Waals surface area contributed by atoms with Crippen molar-refractivity contribution >= 4 is 29.8 Å². The highest BCUT2D eigenvalue weighted by atomic mass is 16.6. The molecule has 2 N–H and O–H groups in total. The molecule has 1 aromatic heterocycles. The standard InChI is InChI=1S/C34H38N4O10/c1-21(30(43)46-20-28(40)35-18-24-19-38(37-36-24)25-7-9-26(45-4)10-8-25)6-5-14-32(3)27-13-16-33(31(44)48-32)15-11-23(29(41)42)12-17-34(27,33)47-22(2)39/h5-11,14,19,27H,12-13,15-18,20H2,1-4H3,(H,35,40)(H,41,42)/b14-5+,21-6+. The summed E-state index contributed by atoms with van der Waals surface area (Å²) in [5, 5.41) is 20.4. The molecule has 2 bridgehead atoms. The Hall–Kier alpha value is -5.27. The number of amides is 1. The van der Waals surface area contributed by atoms with Crippen molar-refractivity contribution in [2.45, 2.75) is 70.6 Å². The summed E-state index contributed by atoms with van der Waals surface area (Å²) in [5.41, 5.74) is -2.03. The van der Waals surface area contributed by atoms with E-state index in [0.29, 0.717) is 24.3 Å². The van der Waals surface area contributed by atoms with Crippen molar-refractivity contribution in [2.75, 3.05) is 13.7 Å². The second kappa shape index (κ2) is 13.5. The third kappa shape index (κ3) is 6.46. The summed E-state index contributed by atoms with van der Waals surface area (Å²) in [6.45, 7) is 4.06. The second-order valence-electron chi connectivity index (χ2n) is 12.4. The number of carbonyl (C=O) groups is 5. The molecule has 1 aliphatic heterocycles. The van der Waals surface area contributed by atoms with Crippen molar-refractivity contribution < 1.29 is 48.0 Å². The number of aromatic nitrogens is 3. The van der Waals surface area contributed by atoms with Crippen molar-refractivity contribution in [3.8, 4) is 11.4 Å². The number of hydrogen-bond acceptors (Lipinski definition) is 11. The Balaban J connectivity index is 1.18. The van der Waals surface area contributed by atoms with Crippen LogP contribution in [0.2, 0.25) is 0 Å². The molecule has 4 atom stereocenters. The fourth-order valence-corrected chi connectivity index (χ4v) is 7.05. The van der Waals surface area contributed by atoms with Crippen LogP contribution in [0.25, 0.3) is 5.69 Å². The molecule has 5 rings (SSSR count). The lowest BCUT2D eigenvalue weighted by atomic mass is 9.62. The third-order valence-corrected chi connectivity index (χ3v) is 9.47. The number of aliphatic carboxylic acids is 1. The fraction of sp³-hybridized carbons (Fsp3) is 0.441. The lowest BCUT2D eigenvalue weighted by molar-refractivity contribution is -0.235. The molecule has 2 aliphatic carbocycles. The van der Waals surface area contributed by atoms with Crippen LogP contribution in [0.4, 0.5) is 0 Å². The largest absolute Gasteiger partial charge is 0.497 e. The minimum absolute atomic E-state index is 0.0758. The number of nitrogens with one attached hydrogen (secondary N) is 1. The van der Waals surface area contributed by atoms with Gasteiger partial charge in [-0.15, -0.1) is 5.10 Å². The van der Waals surface area contributed by atoms with E-state index in [1.54, 1.807) is 55.3 Å². The molecule has 48 heavy (non-hydrogen) atoms. The Morgan fingerprint density at radius 1 is 1.17 bits per heavy atom. The van der Waals surface area contributed by atoms with Crippen LogP contribution < -0.4 is 10.1 Å². The van der Waals surface area contributed by atoms with Gasteiger partial charge in [0, 0.05) is 24.0 Å². The zero-order valence-corrected chi connectivity index (χ0v) is 27.2. The first-order valence-corrected chi connectivity index (χ1v) is 15.5. The average molecular weight is 663 g/mol. The SMILES string of the molecule is COc1ccc(-n2cc(CNC(=O)COC(=O)/C(C)=C/C=C/C3(C)OC(=O)C45CC=C(C(=O)O)CCC4(OC(C)=O)C3CC5)nn2)cc1. The summed E-state index contributed by atoms with van der Waals surface area (Å²) in [7, 11) is 1.58. The van der Waals surface area contributed by atoms with Crippen molar-refractivity contribution in [1.29, 1.82) is 0 Å². The highest BCUT2D eigenvalue weighted by molar-refractivity contribution is 5.90. The predicted molar refractivity (Wildman–Crippen MR) is 167 cm³/mol. The molecular weight excluding hydrogens is 624 g/mol. The molecule has 14 nitrogen and oxygen atoms in total. The van der Waals surface area contributed by atoms with E-state index in [1.807, 2.05) is 12.1 Å². The van der Waals surface area contributed by atoms with E-state index in [4.69, 9.17) is 18.9 Å². The van der Waals surface area contributed by atoms with Crippen molar-refractivity contribution in [1.82, 2.24) is 20.3 Å². The van der Waals surface area contributed by atoms with Crippen molar-refractivity contribution in [3.05, 3.63) is 71.6 Å². The van der Waals surface area contributed by atoms with Crippen LogP contribution in [0, 0.1) is 11.3 Å². The summed E-state index contributed by atoms with van der Waals surface area (Å²) in [4.78, 5) is 62.8. The molecule has 2 fully saturated rings. The number of carboxylic acids is 1. The fourth-order valence-electron chi connectivity index (χ4n) is 7.05. The zero-order valence-electron chi connectivity index (χ0n) is 27.2. The van der Waals surface area contributed by atoms with Crippen LogP contribution in [-0.2, 0) is 44.7 Å². The van der Waals surface area contributed by atoms with Gasteiger partial charge in [-0.25, -0.2) is 14.3 Å². The van der Waals surface area contributed by atoms with Gasteiger partial charge in [0.25, 0.3) is 5.91 Å². The number of benzene rings is 1. The Kier molecular flexibility index (Phi) is 9.55. The van der Waals surface area contributed by atoms with Crippen LogP contribution in [0.3, 0.4) is 0 Å². The molecule has 254 valence electrons. The lowest BCUT2D eigenvalue weighted by Gasteiger charge is -2.54. The van der Waals surface area contributed by atoms with Gasteiger partial charge >= 0.3 is 23.9 Å². The van der Waals surface area contributed by atoms with E-state index in [2.05, 4.69) is 15.6 Å². The first-order valence-electron chi connectivity index (χ1n) is 15.5. The van der Waals surface area contributed by atoms with Gasteiger partial charge in [-0.3, -0.25) is 14.4 Å². The quantitative estimate of drug-likeness (QED) is 0.155. The van der Waals surface area contributed by atoms with Gasteiger partial charge < -0.3 is 29.4 Å². The van der Waals surface area contributed by atoms with E-state index < -0.39 is 58.9 Å². The van der Waals surface area contributed by atoms with E-state index in [0.717, 1.165) is 5.69 Å². The monoisotopic (exact) mass is 662 g/mol. The maximum Gasteiger partial charge on any atom is 0.334 e. The molecule has 1 amide bonds. The molecule has 3 aliphatic rings. The maximum absolute atomic E-state index is 13.7. The minimum atomic E-state index is -1.25. The normalized spacial score (nSPS) is 26.5. The number of esters is 3. The molecule has 1 saturated carbocycles. The van der Waals surface area contributed by atoms with Gasteiger partial charge in [-0.1, -0.05) is 23.4 Å². The summed E-state index contributed by atoms with van der Waals surface area (Å²) < 4.78 is 23.8. The van der Waals surface area contributed by atoms with E-state index in [-0.39, 0.29) is 37.0 Å². The number of rotatable bonds is 11. The molecule has 0 spiro atoms. The van der Waals surface area contributed by atoms with Crippen LogP contribution >= 0.6 is 0 Å². The lowest BCUT2D eigenvalue weighted by Crippen LogP contribution is -2.65. The van der Waals surface area contributed by atoms with Crippen LogP contribution in [0.15, 0.2) is 65.9 Å². The van der Waals surface area contributed by atoms with Gasteiger partial charge in [-0.2, -0.15) is 0 Å². The molecular formula is C34H38N4O10. The van der Waals surface area contributed by atoms with Gasteiger partial charge in [0.1, 0.15) is 28.1 Å². The first-order chi connectivity index (χ1) is 22.8. The Morgan fingerprint density at radius 2 is 1.92 bits per heavy atom. The highest BCUT2D eigenvalue weighted by Gasteiger charge is 2.74. The van der Waals surface area contributed by atoms with Crippen molar-refractivity contribution in [2.24, 2.45) is 11.3 Å². The van der Waals surface area contributed by atoms with Crippen LogP contribution in [0.1, 0.15) is 58.6 Å². The zero-order chi connectivity index (χ0) is 34.7.